The number of carbonyl (C=O) groups excluding carboxylic acids is 2. The third kappa shape index (κ3) is 6.22. The van der Waals surface area contributed by atoms with Crippen LogP contribution in [0.15, 0.2) is 0 Å². The fourth-order valence-corrected chi connectivity index (χ4v) is 2.67. The van der Waals surface area contributed by atoms with Crippen molar-refractivity contribution >= 4 is 29.2 Å². The number of urea groups is 1. The molecule has 1 rings (SSSR count). The number of nitrogens with zero attached hydrogens (tertiary/aromatic N) is 2. The molecule has 9 N–H and O–H groups in total. The molecule has 25 heavy (non-hydrogen) atoms. The van der Waals surface area contributed by atoms with E-state index in [0.29, 0.717) is 5.01 Å². The van der Waals surface area contributed by atoms with Crippen LogP contribution in [0.25, 0.3) is 0 Å². The summed E-state index contributed by atoms with van der Waals surface area (Å²) in [7, 11) is 0. The summed E-state index contributed by atoms with van der Waals surface area (Å²) < 4.78 is 0. The zero-order chi connectivity index (χ0) is 19.1. The maximum Gasteiger partial charge on any atom is 0.328 e. The van der Waals surface area contributed by atoms with Crippen molar-refractivity contribution in [2.45, 2.75) is 37.6 Å². The molecular weight excluding hydrogens is 356 g/mol. The van der Waals surface area contributed by atoms with Crippen LogP contribution >= 0.6 is 11.3 Å². The lowest BCUT2D eigenvalue weighted by Gasteiger charge is -2.17. The van der Waals surface area contributed by atoms with Gasteiger partial charge in [-0.15, -0.1) is 10.2 Å². The van der Waals surface area contributed by atoms with Gasteiger partial charge in [0.25, 0.3) is 0 Å². The van der Waals surface area contributed by atoms with Gasteiger partial charge < -0.3 is 37.4 Å². The third-order valence-electron chi connectivity index (χ3n) is 3.06. The monoisotopic (exact) mass is 376 g/mol. The zero-order valence-corrected chi connectivity index (χ0v) is 14.1. The zero-order valence-electron chi connectivity index (χ0n) is 13.2. The molecule has 0 aliphatic carbocycles. The van der Waals surface area contributed by atoms with E-state index in [-0.39, 0.29) is 11.4 Å². The summed E-state index contributed by atoms with van der Waals surface area (Å²) in [5, 5.41) is 39.7. The van der Waals surface area contributed by atoms with E-state index in [9.17, 15) is 19.5 Å². The van der Waals surface area contributed by atoms with E-state index in [1.54, 1.807) is 0 Å². The van der Waals surface area contributed by atoms with Crippen LogP contribution in [0.3, 0.4) is 0 Å². The highest BCUT2D eigenvalue weighted by atomic mass is 32.1. The summed E-state index contributed by atoms with van der Waals surface area (Å²) >= 11 is 0.969. The Morgan fingerprint density at radius 3 is 2.32 bits per heavy atom. The van der Waals surface area contributed by atoms with Crippen LogP contribution in [0, 0.1) is 0 Å². The number of primary amides is 1. The number of rotatable bonds is 9. The molecule has 0 saturated heterocycles. The number of carboxylic acids is 1. The highest BCUT2D eigenvalue weighted by Crippen LogP contribution is 2.25. The number of aliphatic carboxylic acids is 1. The van der Waals surface area contributed by atoms with Gasteiger partial charge in [-0.1, -0.05) is 11.3 Å². The summed E-state index contributed by atoms with van der Waals surface area (Å²) in [6, 6.07) is -4.22. The predicted octanol–water partition coefficient (Wildman–Crippen LogP) is -2.42. The van der Waals surface area contributed by atoms with Crippen LogP contribution in [-0.4, -0.2) is 62.2 Å². The fraction of sp³-hybridized carbons (Fsp3) is 0.583. The van der Waals surface area contributed by atoms with Crippen LogP contribution in [-0.2, 0) is 9.59 Å². The predicted molar refractivity (Wildman–Crippen MR) is 85.2 cm³/mol. The molecule has 0 fully saturated rings. The quantitative estimate of drug-likeness (QED) is 0.244. The number of aliphatic hydroxyl groups excluding tert-OH is 2. The number of aromatic nitrogens is 2. The number of carboxylic acid groups (broad SMARTS) is 1. The van der Waals surface area contributed by atoms with Crippen molar-refractivity contribution in [3.63, 3.8) is 0 Å². The van der Waals surface area contributed by atoms with Crippen molar-refractivity contribution in [1.29, 1.82) is 0 Å². The second-order valence-electron chi connectivity index (χ2n) is 5.16. The summed E-state index contributed by atoms with van der Waals surface area (Å²) in [6.45, 7) is 0.661. The van der Waals surface area contributed by atoms with Crippen molar-refractivity contribution in [2.75, 3.05) is 6.61 Å². The summed E-state index contributed by atoms with van der Waals surface area (Å²) in [4.78, 5) is 33.9. The van der Waals surface area contributed by atoms with Crippen molar-refractivity contribution in [3.05, 3.63) is 10.0 Å². The number of nitrogens with two attached hydrogens (primary N) is 2. The van der Waals surface area contributed by atoms with Gasteiger partial charge in [-0.05, 0) is 6.92 Å². The number of aliphatic hydroxyl groups is 2. The molecule has 140 valence electrons. The minimum atomic E-state index is -1.51. The minimum absolute atomic E-state index is 0.205. The van der Waals surface area contributed by atoms with E-state index in [1.165, 1.54) is 6.92 Å². The molecule has 13 heteroatoms. The molecule has 0 saturated carbocycles. The van der Waals surface area contributed by atoms with Crippen LogP contribution in [0.4, 0.5) is 4.79 Å². The minimum Gasteiger partial charge on any atom is -0.480 e. The summed E-state index contributed by atoms with van der Waals surface area (Å²) in [6.07, 6.45) is -1.20. The van der Waals surface area contributed by atoms with E-state index in [0.717, 1.165) is 11.3 Å². The average Bonchev–Trinajstić information content (AvgIpc) is 3.00. The number of hydrogen-bond donors (Lipinski definition) is 7. The van der Waals surface area contributed by atoms with Gasteiger partial charge in [0.15, 0.2) is 6.04 Å². The first kappa shape index (κ1) is 20.7. The molecule has 3 amide bonds. The van der Waals surface area contributed by atoms with E-state index < -0.39 is 48.7 Å². The Bertz CT molecular complexity index is 623. The van der Waals surface area contributed by atoms with Crippen LogP contribution in [0.5, 0.6) is 0 Å². The topological polar surface area (TPSA) is 214 Å². The molecule has 0 aliphatic heterocycles. The van der Waals surface area contributed by atoms with E-state index in [2.05, 4.69) is 15.5 Å². The highest BCUT2D eigenvalue weighted by molar-refractivity contribution is 7.11. The van der Waals surface area contributed by atoms with E-state index in [1.807, 2.05) is 5.32 Å². The standard InChI is InChI=1S/C12H20N6O6S/c1-4(20)8(14)10-18-17-9(25-10)5(2-7(13)21)15-12(24)16-6(3-19)11(22)23/h4-6,8,19-20H,2-3,14H2,1H3,(H2,13,21)(H,22,23)(H2,15,16,24)/t4?,5-,6-,8?/m0/s1. The van der Waals surface area contributed by atoms with Gasteiger partial charge in [0.2, 0.25) is 5.91 Å². The van der Waals surface area contributed by atoms with Crippen LogP contribution in [0.1, 0.15) is 35.4 Å². The van der Waals surface area contributed by atoms with Gasteiger partial charge in [-0.2, -0.15) is 0 Å². The van der Waals surface area contributed by atoms with Gasteiger partial charge in [0.1, 0.15) is 10.0 Å². The van der Waals surface area contributed by atoms with Gasteiger partial charge in [-0.3, -0.25) is 4.79 Å². The molecule has 1 aromatic rings. The maximum absolute atomic E-state index is 11.9. The number of carbonyl (C=O) groups is 3. The van der Waals surface area contributed by atoms with E-state index >= 15 is 0 Å². The first-order valence-electron chi connectivity index (χ1n) is 7.11. The third-order valence-corrected chi connectivity index (χ3v) is 4.19. The SMILES string of the molecule is CC(O)C(N)c1nnc([C@H](CC(N)=O)NC(=O)N[C@@H](CO)C(=O)O)s1. The Kier molecular flexibility index (Phi) is 7.63. The lowest BCUT2D eigenvalue weighted by molar-refractivity contribution is -0.140. The van der Waals surface area contributed by atoms with Gasteiger partial charge in [0, 0.05) is 0 Å². The van der Waals surface area contributed by atoms with Gasteiger partial charge >= 0.3 is 12.0 Å². The Hall–Kier alpha value is -2.35. The molecule has 1 heterocycles. The second kappa shape index (κ2) is 9.22. The van der Waals surface area contributed by atoms with E-state index in [4.69, 9.17) is 21.7 Å². The largest absolute Gasteiger partial charge is 0.480 e. The molecule has 0 aliphatic rings. The van der Waals surface area contributed by atoms with Crippen molar-refractivity contribution in [2.24, 2.45) is 11.5 Å². The Balaban J connectivity index is 2.89. The molecule has 0 aromatic carbocycles. The molecule has 4 atom stereocenters. The lowest BCUT2D eigenvalue weighted by Crippen LogP contribution is -2.49. The number of hydrogen-bond acceptors (Lipinski definition) is 9. The van der Waals surface area contributed by atoms with Gasteiger partial charge in [-0.25, -0.2) is 9.59 Å². The Labute approximate surface area is 146 Å². The lowest BCUT2D eigenvalue weighted by atomic mass is 10.2. The Morgan fingerprint density at radius 1 is 1.24 bits per heavy atom. The smallest absolute Gasteiger partial charge is 0.328 e. The molecule has 0 bridgehead atoms. The molecule has 2 unspecified atom stereocenters. The number of nitrogens with one attached hydrogen (secondary N) is 2. The molecule has 0 spiro atoms. The molecular formula is C12H20N6O6S. The maximum atomic E-state index is 11.9. The number of amides is 3. The highest BCUT2D eigenvalue weighted by Gasteiger charge is 2.26. The molecule has 12 nitrogen and oxygen atoms in total. The average molecular weight is 376 g/mol. The first-order chi connectivity index (χ1) is 11.6. The first-order valence-corrected chi connectivity index (χ1v) is 7.93. The molecule has 1 aromatic heterocycles. The van der Waals surface area contributed by atoms with Crippen molar-refractivity contribution in [1.82, 2.24) is 20.8 Å². The fourth-order valence-electron chi connectivity index (χ4n) is 1.67. The Morgan fingerprint density at radius 2 is 1.84 bits per heavy atom. The van der Waals surface area contributed by atoms with Crippen LogP contribution < -0.4 is 22.1 Å². The second-order valence-corrected chi connectivity index (χ2v) is 6.20. The normalized spacial score (nSPS) is 15.7. The van der Waals surface area contributed by atoms with Crippen LogP contribution in [0.2, 0.25) is 0 Å². The van der Waals surface area contributed by atoms with Crippen molar-refractivity contribution < 1.29 is 29.7 Å². The van der Waals surface area contributed by atoms with Gasteiger partial charge in [0.05, 0.1) is 31.2 Å². The summed E-state index contributed by atoms with van der Waals surface area (Å²) in [5.41, 5.74) is 10.9. The summed E-state index contributed by atoms with van der Waals surface area (Å²) in [5.74, 6) is -2.16. The molecule has 0 radical (unpaired) electrons. The van der Waals surface area contributed by atoms with Crippen molar-refractivity contribution in [3.8, 4) is 0 Å².